The van der Waals surface area contributed by atoms with E-state index >= 15 is 0 Å². The molecule has 1 rings (SSSR count). The van der Waals surface area contributed by atoms with Crippen LogP contribution >= 0.6 is 0 Å². The van der Waals surface area contributed by atoms with Crippen molar-refractivity contribution < 1.29 is 23.1 Å². The molecule has 0 fully saturated rings. The number of carboxylic acid groups (broad SMARTS) is 1. The third-order valence-electron chi connectivity index (χ3n) is 1.81. The third-order valence-corrected chi connectivity index (χ3v) is 1.81. The summed E-state index contributed by atoms with van der Waals surface area (Å²) in [7, 11) is 0. The molecule has 0 heterocycles. The fraction of sp³-hybridized carbons (Fsp3) is 0.222. The van der Waals surface area contributed by atoms with Crippen LogP contribution in [0.25, 0.3) is 0 Å². The molecule has 0 amide bonds. The number of benzene rings is 1. The largest absolute Gasteiger partial charge is 0.478 e. The maximum Gasteiger partial charge on any atom is 0.352 e. The summed E-state index contributed by atoms with van der Waals surface area (Å²) in [6.45, 7) is 0. The highest BCUT2D eigenvalue weighted by molar-refractivity contribution is 5.79. The number of alkyl halides is 3. The lowest BCUT2D eigenvalue weighted by molar-refractivity contribution is -0.164. The van der Waals surface area contributed by atoms with Crippen molar-refractivity contribution in [3.63, 3.8) is 0 Å². The van der Waals surface area contributed by atoms with Crippen LogP contribution in [0.1, 0.15) is 5.56 Å². The van der Waals surface area contributed by atoms with Gasteiger partial charge in [0, 0.05) is 5.56 Å². The normalized spacial score (nSPS) is 15.1. The Balaban J connectivity index is 3.20. The van der Waals surface area contributed by atoms with Crippen molar-refractivity contribution in [1.82, 2.24) is 0 Å². The first-order valence-corrected chi connectivity index (χ1v) is 3.75. The van der Waals surface area contributed by atoms with Gasteiger partial charge in [0.05, 0.1) is 0 Å². The number of rotatable bonds is 3. The van der Waals surface area contributed by atoms with Gasteiger partial charge in [-0.1, -0.05) is 30.3 Å². The topological polar surface area (TPSA) is 37.3 Å². The first-order chi connectivity index (χ1) is 6.49. The summed E-state index contributed by atoms with van der Waals surface area (Å²) < 4.78 is 37.9. The molecule has 0 aromatic heterocycles. The van der Waals surface area contributed by atoms with Gasteiger partial charge < -0.3 is 5.11 Å². The van der Waals surface area contributed by atoms with Crippen molar-refractivity contribution in [3.05, 3.63) is 35.9 Å². The molecule has 0 aliphatic carbocycles. The van der Waals surface area contributed by atoms with Crippen LogP contribution in [-0.4, -0.2) is 17.5 Å². The molecule has 0 radical (unpaired) electrons. The Morgan fingerprint density at radius 1 is 1.29 bits per heavy atom. The Hall–Kier alpha value is -1.52. The highest BCUT2D eigenvalue weighted by Gasteiger charge is 2.50. The summed E-state index contributed by atoms with van der Waals surface area (Å²) in [6.07, 6.45) is -3.60. The summed E-state index contributed by atoms with van der Waals surface area (Å²) in [5.74, 6) is -2.18. The molecule has 0 aliphatic rings. The lowest BCUT2D eigenvalue weighted by Gasteiger charge is -2.19. The van der Waals surface area contributed by atoms with E-state index in [1.54, 1.807) is 0 Å². The van der Waals surface area contributed by atoms with Crippen molar-refractivity contribution >= 4 is 5.97 Å². The molecule has 1 N–H and O–H groups in total. The minimum absolute atomic E-state index is 0.553. The van der Waals surface area contributed by atoms with Crippen LogP contribution in [-0.2, 0) is 10.5 Å². The van der Waals surface area contributed by atoms with Crippen molar-refractivity contribution in [1.29, 1.82) is 0 Å². The zero-order valence-electron chi connectivity index (χ0n) is 6.95. The maximum atomic E-state index is 13.4. The van der Waals surface area contributed by atoms with Crippen LogP contribution in [0.2, 0.25) is 0 Å². The van der Waals surface area contributed by atoms with Gasteiger partial charge in [-0.15, -0.1) is 0 Å². The van der Waals surface area contributed by atoms with Crippen LogP contribution < -0.4 is 0 Å². The monoisotopic (exact) mass is 204 g/mol. The number of hydrogen-bond acceptors (Lipinski definition) is 1. The van der Waals surface area contributed by atoms with Crippen LogP contribution in [0.4, 0.5) is 13.2 Å². The highest BCUT2D eigenvalue weighted by Crippen LogP contribution is 2.32. The van der Waals surface area contributed by atoms with Gasteiger partial charge in [-0.2, -0.15) is 0 Å². The number of aliphatic carboxylic acids is 1. The summed E-state index contributed by atoms with van der Waals surface area (Å²) in [5.41, 5.74) is -4.18. The zero-order valence-corrected chi connectivity index (χ0v) is 6.95. The number of halogens is 3. The van der Waals surface area contributed by atoms with E-state index in [2.05, 4.69) is 0 Å². The van der Waals surface area contributed by atoms with E-state index in [0.29, 0.717) is 0 Å². The molecular formula is C9H7F3O2. The van der Waals surface area contributed by atoms with Gasteiger partial charge in [0.1, 0.15) is 0 Å². The Morgan fingerprint density at radius 3 is 2.14 bits per heavy atom. The zero-order chi connectivity index (χ0) is 10.8. The summed E-state index contributed by atoms with van der Waals surface area (Å²) in [4.78, 5) is 10.4. The van der Waals surface area contributed by atoms with Crippen LogP contribution in [0.5, 0.6) is 0 Å². The Kier molecular flexibility index (Phi) is 2.78. The molecule has 5 heteroatoms. The molecular weight excluding hydrogens is 197 g/mol. The molecule has 14 heavy (non-hydrogen) atoms. The van der Waals surface area contributed by atoms with E-state index in [1.165, 1.54) is 18.2 Å². The van der Waals surface area contributed by atoms with Crippen molar-refractivity contribution in [2.45, 2.75) is 12.1 Å². The van der Waals surface area contributed by atoms with Gasteiger partial charge in [0.25, 0.3) is 12.1 Å². The van der Waals surface area contributed by atoms with E-state index in [0.717, 1.165) is 12.1 Å². The fourth-order valence-electron chi connectivity index (χ4n) is 1.02. The first-order valence-electron chi connectivity index (χ1n) is 3.75. The van der Waals surface area contributed by atoms with E-state index in [1.807, 2.05) is 0 Å². The summed E-state index contributed by atoms with van der Waals surface area (Å²) >= 11 is 0. The van der Waals surface area contributed by atoms with Crippen molar-refractivity contribution in [3.8, 4) is 0 Å². The Labute approximate surface area is 78.0 Å². The maximum absolute atomic E-state index is 13.4. The average molecular weight is 204 g/mol. The van der Waals surface area contributed by atoms with Crippen molar-refractivity contribution in [2.24, 2.45) is 0 Å². The average Bonchev–Trinajstić information content (AvgIpc) is 2.17. The minimum Gasteiger partial charge on any atom is -0.478 e. The molecule has 2 nitrogen and oxygen atoms in total. The predicted octanol–water partition coefficient (Wildman–Crippen LogP) is 2.20. The number of hydrogen-bond donors (Lipinski definition) is 1. The summed E-state index contributed by atoms with van der Waals surface area (Å²) in [6, 6.07) is 6.11. The standard InChI is InChI=1S/C9H7F3O2/c10-7(11)9(12,8(13)14)6-4-2-1-3-5-6/h1-5,7H,(H,13,14). The number of carboxylic acids is 1. The smallest absolute Gasteiger partial charge is 0.352 e. The molecule has 1 unspecified atom stereocenters. The van der Waals surface area contributed by atoms with E-state index in [4.69, 9.17) is 5.11 Å². The highest BCUT2D eigenvalue weighted by atomic mass is 19.3. The van der Waals surface area contributed by atoms with E-state index < -0.39 is 23.6 Å². The second-order valence-corrected chi connectivity index (χ2v) is 2.68. The second-order valence-electron chi connectivity index (χ2n) is 2.68. The molecule has 0 saturated heterocycles. The van der Waals surface area contributed by atoms with E-state index in [-0.39, 0.29) is 0 Å². The Morgan fingerprint density at radius 2 is 1.79 bits per heavy atom. The molecule has 1 atom stereocenters. The van der Waals surface area contributed by atoms with Gasteiger partial charge in [-0.25, -0.2) is 18.0 Å². The molecule has 0 aliphatic heterocycles. The van der Waals surface area contributed by atoms with Gasteiger partial charge in [-0.3, -0.25) is 0 Å². The predicted molar refractivity (Wildman–Crippen MR) is 42.9 cm³/mol. The molecule has 0 spiro atoms. The van der Waals surface area contributed by atoms with Crippen LogP contribution in [0.3, 0.4) is 0 Å². The lowest BCUT2D eigenvalue weighted by Crippen LogP contribution is -2.38. The van der Waals surface area contributed by atoms with Crippen LogP contribution in [0, 0.1) is 0 Å². The second kappa shape index (κ2) is 3.69. The van der Waals surface area contributed by atoms with Crippen molar-refractivity contribution in [2.75, 3.05) is 0 Å². The molecule has 76 valence electrons. The molecule has 1 aromatic rings. The minimum atomic E-state index is -3.62. The SMILES string of the molecule is O=C(O)C(F)(c1ccccc1)C(F)F. The number of carbonyl (C=O) groups is 1. The molecule has 0 saturated carbocycles. The van der Waals surface area contributed by atoms with E-state index in [9.17, 15) is 18.0 Å². The fourth-order valence-corrected chi connectivity index (χ4v) is 1.02. The van der Waals surface area contributed by atoms with Gasteiger partial charge in [0.2, 0.25) is 0 Å². The quantitative estimate of drug-likeness (QED) is 0.819. The summed E-state index contributed by atoms with van der Waals surface area (Å²) in [5, 5.41) is 8.40. The first kappa shape index (κ1) is 10.6. The molecule has 0 bridgehead atoms. The van der Waals surface area contributed by atoms with Crippen LogP contribution in [0.15, 0.2) is 30.3 Å². The third kappa shape index (κ3) is 1.57. The molecule has 1 aromatic carbocycles. The van der Waals surface area contributed by atoms with Gasteiger partial charge in [0.15, 0.2) is 0 Å². The van der Waals surface area contributed by atoms with Gasteiger partial charge >= 0.3 is 5.97 Å². The van der Waals surface area contributed by atoms with Gasteiger partial charge in [-0.05, 0) is 0 Å². The lowest BCUT2D eigenvalue weighted by atomic mass is 9.96. The Bertz CT molecular complexity index is 326.